The van der Waals surface area contributed by atoms with E-state index in [0.717, 1.165) is 32.1 Å². The number of carbonyl (C=O) groups excluding carboxylic acids is 1. The molecule has 57 heavy (non-hydrogen) atoms. The van der Waals surface area contributed by atoms with Gasteiger partial charge in [0.15, 0.2) is 0 Å². The number of hydrogen-bond donors (Lipinski definition) is 3. The van der Waals surface area contributed by atoms with Crippen LogP contribution in [0, 0.1) is 0 Å². The number of aliphatic hydroxyl groups excluding tert-OH is 2. The average molecular weight is 802 g/mol. The van der Waals surface area contributed by atoms with Gasteiger partial charge in [0.25, 0.3) is 0 Å². The highest BCUT2D eigenvalue weighted by molar-refractivity contribution is 5.76. The molecule has 338 valence electrons. The van der Waals surface area contributed by atoms with Crippen LogP contribution in [0.1, 0.15) is 290 Å². The van der Waals surface area contributed by atoms with Crippen LogP contribution in [0.4, 0.5) is 0 Å². The van der Waals surface area contributed by atoms with Crippen molar-refractivity contribution in [2.24, 2.45) is 0 Å². The van der Waals surface area contributed by atoms with Crippen LogP contribution in [0.2, 0.25) is 0 Å². The molecule has 1 amide bonds. The highest BCUT2D eigenvalue weighted by Gasteiger charge is 2.17. The second kappa shape index (κ2) is 49.2. The van der Waals surface area contributed by atoms with Crippen molar-refractivity contribution in [2.45, 2.75) is 302 Å². The van der Waals surface area contributed by atoms with Crippen LogP contribution in [0.5, 0.6) is 0 Å². The first-order valence-electron chi connectivity index (χ1n) is 26.1. The lowest BCUT2D eigenvalue weighted by atomic mass is 10.0. The van der Waals surface area contributed by atoms with Crippen LogP contribution in [-0.2, 0) is 4.79 Å². The van der Waals surface area contributed by atoms with Crippen LogP contribution in [0.25, 0.3) is 0 Å². The van der Waals surface area contributed by atoms with Gasteiger partial charge in [-0.1, -0.05) is 276 Å². The summed E-state index contributed by atoms with van der Waals surface area (Å²) in [6.45, 7) is 4.33. The Balaban J connectivity index is 3.52. The molecule has 2 unspecified atom stereocenters. The third kappa shape index (κ3) is 45.8. The quantitative estimate of drug-likeness (QED) is 0.0424. The Morgan fingerprint density at radius 2 is 0.684 bits per heavy atom. The molecule has 0 spiro atoms. The molecule has 0 fully saturated rings. The summed E-state index contributed by atoms with van der Waals surface area (Å²) in [7, 11) is 0. The summed E-state index contributed by atoms with van der Waals surface area (Å²) in [6, 6.07) is -0.635. The third-order valence-electron chi connectivity index (χ3n) is 12.2. The molecule has 0 radical (unpaired) electrons. The van der Waals surface area contributed by atoms with E-state index in [-0.39, 0.29) is 12.5 Å². The maximum atomic E-state index is 12.4. The molecular weight excluding hydrogens is 699 g/mol. The zero-order valence-electron chi connectivity index (χ0n) is 38.9. The van der Waals surface area contributed by atoms with E-state index in [1.165, 1.54) is 238 Å². The fraction of sp³-hybridized carbons (Fsp3) is 0.906. The summed E-state index contributed by atoms with van der Waals surface area (Å²) in [5, 5.41) is 23.1. The van der Waals surface area contributed by atoms with Crippen LogP contribution < -0.4 is 5.32 Å². The van der Waals surface area contributed by atoms with Crippen molar-refractivity contribution in [3.63, 3.8) is 0 Å². The molecule has 0 aliphatic carbocycles. The van der Waals surface area contributed by atoms with Crippen LogP contribution in [-0.4, -0.2) is 34.9 Å². The Bertz CT molecular complexity index is 825. The van der Waals surface area contributed by atoms with Gasteiger partial charge >= 0.3 is 0 Å². The van der Waals surface area contributed by atoms with E-state index in [2.05, 4.69) is 31.3 Å². The van der Waals surface area contributed by atoms with E-state index in [1.807, 2.05) is 6.08 Å². The van der Waals surface area contributed by atoms with Crippen LogP contribution >= 0.6 is 0 Å². The van der Waals surface area contributed by atoms with E-state index < -0.39 is 12.1 Å². The molecule has 2 atom stereocenters. The zero-order valence-corrected chi connectivity index (χ0v) is 38.9. The molecule has 0 aromatic carbocycles. The Labute approximate surface area is 358 Å². The normalized spacial score (nSPS) is 13.0. The minimum absolute atomic E-state index is 0.0681. The van der Waals surface area contributed by atoms with E-state index in [9.17, 15) is 15.0 Å². The molecule has 4 nitrogen and oxygen atoms in total. The summed E-state index contributed by atoms with van der Waals surface area (Å²) in [5.41, 5.74) is 0. The summed E-state index contributed by atoms with van der Waals surface area (Å²) in [5.74, 6) is -0.0681. The summed E-state index contributed by atoms with van der Waals surface area (Å²) >= 11 is 0. The Morgan fingerprint density at radius 1 is 0.404 bits per heavy atom. The van der Waals surface area contributed by atoms with Gasteiger partial charge in [0.05, 0.1) is 18.8 Å². The van der Waals surface area contributed by atoms with Crippen molar-refractivity contribution in [1.29, 1.82) is 0 Å². The van der Waals surface area contributed by atoms with E-state index in [4.69, 9.17) is 0 Å². The number of carbonyl (C=O) groups is 1. The van der Waals surface area contributed by atoms with Crippen molar-refractivity contribution in [3.8, 4) is 0 Å². The molecular formula is C53H103NO3. The second-order valence-corrected chi connectivity index (χ2v) is 17.9. The fourth-order valence-electron chi connectivity index (χ4n) is 8.20. The highest BCUT2D eigenvalue weighted by Crippen LogP contribution is 2.17. The third-order valence-corrected chi connectivity index (χ3v) is 12.2. The molecule has 0 rings (SSSR count). The van der Waals surface area contributed by atoms with Gasteiger partial charge in [-0.25, -0.2) is 0 Å². The Morgan fingerprint density at radius 3 is 1.02 bits per heavy atom. The lowest BCUT2D eigenvalue weighted by molar-refractivity contribution is -0.123. The van der Waals surface area contributed by atoms with Crippen LogP contribution in [0.15, 0.2) is 24.3 Å². The first kappa shape index (κ1) is 55.9. The first-order chi connectivity index (χ1) is 28.2. The fourth-order valence-corrected chi connectivity index (χ4v) is 8.20. The molecule has 0 saturated heterocycles. The van der Waals surface area contributed by atoms with Crippen molar-refractivity contribution in [3.05, 3.63) is 24.3 Å². The number of allylic oxidation sites excluding steroid dienone is 3. The smallest absolute Gasteiger partial charge is 0.220 e. The second-order valence-electron chi connectivity index (χ2n) is 17.9. The molecule has 0 aromatic rings. The van der Waals surface area contributed by atoms with Crippen molar-refractivity contribution < 1.29 is 15.0 Å². The Hall–Kier alpha value is -1.13. The molecule has 0 aromatic heterocycles. The first-order valence-corrected chi connectivity index (χ1v) is 26.1. The summed E-state index contributed by atoms with van der Waals surface area (Å²) in [4.78, 5) is 12.4. The predicted octanol–water partition coefficient (Wildman–Crippen LogP) is 16.8. The van der Waals surface area contributed by atoms with E-state index in [0.29, 0.717) is 6.42 Å². The van der Waals surface area contributed by atoms with Gasteiger partial charge in [-0.15, -0.1) is 0 Å². The SMILES string of the molecule is CCCCCCCCCCCCCCCCCCCCCC/C=C/CC/C=C/C(O)C(CO)NC(=O)CCCCCCCCCCCCCCCCCCCCC. The van der Waals surface area contributed by atoms with E-state index in [1.54, 1.807) is 6.08 Å². The monoisotopic (exact) mass is 802 g/mol. The lowest BCUT2D eigenvalue weighted by Gasteiger charge is -2.19. The van der Waals surface area contributed by atoms with Gasteiger partial charge in [-0.2, -0.15) is 0 Å². The standard InChI is InChI=1S/C53H103NO3/c1-3-5-7-9-11-13-15-17-19-21-23-24-25-26-27-28-29-31-32-34-36-38-40-42-44-46-48-52(56)51(50-55)54-53(57)49-47-45-43-41-39-37-35-33-30-22-20-18-16-14-12-10-8-6-4-2/h38,40,46,48,51-52,55-56H,3-37,39,41-45,47,49-50H2,1-2H3,(H,54,57)/b40-38+,48-46+. The largest absolute Gasteiger partial charge is 0.394 e. The average Bonchev–Trinajstić information content (AvgIpc) is 3.22. The van der Waals surface area contributed by atoms with E-state index >= 15 is 0 Å². The number of rotatable bonds is 48. The van der Waals surface area contributed by atoms with Gasteiger partial charge in [-0.3, -0.25) is 4.79 Å². The summed E-state index contributed by atoms with van der Waals surface area (Å²) in [6.07, 6.45) is 64.7. The number of hydrogen-bond acceptors (Lipinski definition) is 3. The topological polar surface area (TPSA) is 69.6 Å². The number of nitrogens with one attached hydrogen (secondary N) is 1. The molecule has 3 N–H and O–H groups in total. The van der Waals surface area contributed by atoms with Gasteiger partial charge in [0.1, 0.15) is 0 Å². The van der Waals surface area contributed by atoms with Crippen molar-refractivity contribution in [1.82, 2.24) is 5.32 Å². The highest BCUT2D eigenvalue weighted by atomic mass is 16.3. The zero-order chi connectivity index (χ0) is 41.4. The molecule has 0 aliphatic rings. The van der Waals surface area contributed by atoms with Crippen LogP contribution in [0.3, 0.4) is 0 Å². The predicted molar refractivity (Wildman–Crippen MR) is 253 cm³/mol. The van der Waals surface area contributed by atoms with Gasteiger partial charge in [0, 0.05) is 6.42 Å². The lowest BCUT2D eigenvalue weighted by Crippen LogP contribution is -2.45. The maximum Gasteiger partial charge on any atom is 0.220 e. The summed E-state index contributed by atoms with van der Waals surface area (Å²) < 4.78 is 0. The number of amides is 1. The van der Waals surface area contributed by atoms with Gasteiger partial charge in [-0.05, 0) is 32.1 Å². The van der Waals surface area contributed by atoms with Crippen molar-refractivity contribution >= 4 is 5.91 Å². The molecule has 0 bridgehead atoms. The van der Waals surface area contributed by atoms with Gasteiger partial charge in [0.2, 0.25) is 5.91 Å². The molecule has 0 aliphatic heterocycles. The number of aliphatic hydroxyl groups is 2. The maximum absolute atomic E-state index is 12.4. The van der Waals surface area contributed by atoms with Crippen molar-refractivity contribution in [2.75, 3.05) is 6.61 Å². The molecule has 0 heterocycles. The minimum atomic E-state index is -0.859. The molecule has 4 heteroatoms. The molecule has 0 saturated carbocycles. The Kier molecular flexibility index (Phi) is 48.3. The number of unbranched alkanes of at least 4 members (excludes halogenated alkanes) is 39. The minimum Gasteiger partial charge on any atom is -0.394 e. The van der Waals surface area contributed by atoms with Gasteiger partial charge < -0.3 is 15.5 Å².